The van der Waals surface area contributed by atoms with Gasteiger partial charge in [-0.2, -0.15) is 0 Å². The summed E-state index contributed by atoms with van der Waals surface area (Å²) >= 11 is 0. The minimum Gasteiger partial charge on any atom is -0.744 e. The lowest BCUT2D eigenvalue weighted by molar-refractivity contribution is -0.922. The molecule has 154 valence electrons. The Kier molecular flexibility index (Phi) is 8.04. The Balaban J connectivity index is 0.000000221. The quantitative estimate of drug-likeness (QED) is 0.576. The molecule has 0 saturated carbocycles. The van der Waals surface area contributed by atoms with Gasteiger partial charge in [-0.15, -0.1) is 0 Å². The Bertz CT molecular complexity index is 817. The molecule has 28 heavy (non-hydrogen) atoms. The molecule has 5 nitrogen and oxygen atoms in total. The van der Waals surface area contributed by atoms with E-state index in [1.807, 2.05) is 6.92 Å². The minimum absolute atomic E-state index is 0.178. The van der Waals surface area contributed by atoms with E-state index in [4.69, 9.17) is 0 Å². The molecular formula is C22H32N2O3S. The molecule has 6 heteroatoms. The third-order valence-corrected chi connectivity index (χ3v) is 6.53. The summed E-state index contributed by atoms with van der Waals surface area (Å²) < 4.78 is 32.5. The summed E-state index contributed by atoms with van der Waals surface area (Å²) in [4.78, 5) is 2.37. The van der Waals surface area contributed by atoms with Gasteiger partial charge in [0.2, 0.25) is 0 Å². The van der Waals surface area contributed by atoms with Gasteiger partial charge in [-0.1, -0.05) is 35.9 Å². The van der Waals surface area contributed by atoms with Crippen LogP contribution in [0.4, 0.5) is 5.69 Å². The first-order valence-corrected chi connectivity index (χ1v) is 11.4. The third-order valence-electron chi connectivity index (χ3n) is 5.68. The van der Waals surface area contributed by atoms with Crippen molar-refractivity contribution in [1.29, 1.82) is 0 Å². The first kappa shape index (κ1) is 22.4. The molecule has 0 N–H and O–H groups in total. The number of benzene rings is 2. The number of anilines is 1. The van der Waals surface area contributed by atoms with Gasteiger partial charge in [0.1, 0.15) is 10.1 Å². The monoisotopic (exact) mass is 404 g/mol. The number of quaternary nitrogens is 1. The van der Waals surface area contributed by atoms with E-state index in [1.165, 1.54) is 68.0 Å². The van der Waals surface area contributed by atoms with Crippen LogP contribution in [-0.2, 0) is 10.1 Å². The number of hydrogen-bond donors (Lipinski definition) is 0. The zero-order chi connectivity index (χ0) is 20.6. The van der Waals surface area contributed by atoms with Crippen LogP contribution in [0.15, 0.2) is 59.5 Å². The van der Waals surface area contributed by atoms with Crippen molar-refractivity contribution >= 4 is 15.8 Å². The average Bonchev–Trinajstić information content (AvgIpc) is 2.92. The van der Waals surface area contributed by atoms with Crippen LogP contribution in [0.5, 0.6) is 0 Å². The molecule has 1 saturated heterocycles. The van der Waals surface area contributed by atoms with Crippen molar-refractivity contribution in [2.45, 2.75) is 32.1 Å². The molecule has 0 atom stereocenters. The fraction of sp³-hybridized carbons (Fsp3) is 0.455. The molecule has 0 amide bonds. The highest BCUT2D eigenvalue weighted by Crippen LogP contribution is 2.19. The molecule has 1 aliphatic rings. The molecule has 0 bridgehead atoms. The van der Waals surface area contributed by atoms with E-state index < -0.39 is 10.1 Å². The first-order valence-electron chi connectivity index (χ1n) is 9.97. The Hall–Kier alpha value is -1.89. The molecule has 0 unspecified atom stereocenters. The maximum atomic E-state index is 10.4. The van der Waals surface area contributed by atoms with Gasteiger partial charge in [-0.3, -0.25) is 0 Å². The molecule has 1 heterocycles. The lowest BCUT2D eigenvalue weighted by Gasteiger charge is -2.35. The lowest BCUT2D eigenvalue weighted by atomic mass is 10.2. The molecule has 0 aromatic heterocycles. The zero-order valence-corrected chi connectivity index (χ0v) is 18.0. The maximum Gasteiger partial charge on any atom is 0.124 e. The third kappa shape index (κ3) is 6.33. The Morgan fingerprint density at radius 2 is 1.54 bits per heavy atom. The van der Waals surface area contributed by atoms with Crippen LogP contribution in [0, 0.1) is 6.92 Å². The fourth-order valence-corrected chi connectivity index (χ4v) is 4.08. The van der Waals surface area contributed by atoms with E-state index in [1.54, 1.807) is 12.1 Å². The van der Waals surface area contributed by atoms with Crippen molar-refractivity contribution in [3.63, 3.8) is 0 Å². The van der Waals surface area contributed by atoms with Crippen LogP contribution < -0.4 is 4.90 Å². The van der Waals surface area contributed by atoms with Gasteiger partial charge in [0.15, 0.2) is 0 Å². The maximum absolute atomic E-state index is 10.4. The second-order valence-corrected chi connectivity index (χ2v) is 8.74. The highest BCUT2D eigenvalue weighted by molar-refractivity contribution is 7.85. The van der Waals surface area contributed by atoms with E-state index >= 15 is 0 Å². The van der Waals surface area contributed by atoms with E-state index in [0.717, 1.165) is 5.56 Å². The molecule has 2 aromatic carbocycles. The molecule has 1 aliphatic heterocycles. The van der Waals surface area contributed by atoms with Crippen molar-refractivity contribution in [3.8, 4) is 0 Å². The van der Waals surface area contributed by atoms with Gasteiger partial charge in [0.05, 0.1) is 37.6 Å². The summed E-state index contributed by atoms with van der Waals surface area (Å²) in [5, 5.41) is 0. The van der Waals surface area contributed by atoms with E-state index in [-0.39, 0.29) is 4.90 Å². The van der Waals surface area contributed by atoms with Crippen LogP contribution in [0.1, 0.15) is 25.8 Å². The summed E-state index contributed by atoms with van der Waals surface area (Å²) in [7, 11) is -4.27. The summed E-state index contributed by atoms with van der Waals surface area (Å²) in [6.45, 7) is 14.1. The highest BCUT2D eigenvalue weighted by Gasteiger charge is 2.27. The number of para-hydroxylation sites is 1. The number of hydrogen-bond acceptors (Lipinski definition) is 4. The second kappa shape index (κ2) is 10.0. The van der Waals surface area contributed by atoms with Crippen LogP contribution >= 0.6 is 0 Å². The van der Waals surface area contributed by atoms with Gasteiger partial charge < -0.3 is 13.9 Å². The van der Waals surface area contributed by atoms with Crippen LogP contribution in [0.2, 0.25) is 0 Å². The SMILES string of the molecule is CC[N+]1(CC)CCCN(c2ccccc2)CC1.Cc1ccc(S(=O)(=O)[O-])cc1. The summed E-state index contributed by atoms with van der Waals surface area (Å²) in [6, 6.07) is 16.6. The van der Waals surface area contributed by atoms with Gasteiger partial charge in [0.25, 0.3) is 0 Å². The molecule has 1 fully saturated rings. The van der Waals surface area contributed by atoms with Gasteiger partial charge in [-0.05, 0) is 45.0 Å². The molecular weight excluding hydrogens is 372 g/mol. The van der Waals surface area contributed by atoms with Crippen molar-refractivity contribution < 1.29 is 17.5 Å². The second-order valence-electron chi connectivity index (χ2n) is 7.36. The van der Waals surface area contributed by atoms with Crippen LogP contribution in [-0.4, -0.2) is 56.7 Å². The van der Waals surface area contributed by atoms with E-state index in [9.17, 15) is 13.0 Å². The van der Waals surface area contributed by atoms with Gasteiger partial charge in [-0.25, -0.2) is 8.42 Å². The Morgan fingerprint density at radius 3 is 2.07 bits per heavy atom. The molecule has 3 rings (SSSR count). The summed E-state index contributed by atoms with van der Waals surface area (Å²) in [5.74, 6) is 0. The number of nitrogens with zero attached hydrogens (tertiary/aromatic N) is 2. The predicted octanol–water partition coefficient (Wildman–Crippen LogP) is 3.65. The fourth-order valence-electron chi connectivity index (χ4n) is 3.61. The molecule has 2 aromatic rings. The zero-order valence-electron chi connectivity index (χ0n) is 17.2. The van der Waals surface area contributed by atoms with Gasteiger partial charge in [0, 0.05) is 18.7 Å². The molecule has 0 radical (unpaired) electrons. The largest absolute Gasteiger partial charge is 0.744 e. The van der Waals surface area contributed by atoms with Crippen LogP contribution in [0.3, 0.4) is 0 Å². The Morgan fingerprint density at radius 1 is 0.929 bits per heavy atom. The van der Waals surface area contributed by atoms with Crippen molar-refractivity contribution in [1.82, 2.24) is 0 Å². The average molecular weight is 405 g/mol. The van der Waals surface area contributed by atoms with Gasteiger partial charge >= 0.3 is 0 Å². The molecule has 0 aliphatic carbocycles. The topological polar surface area (TPSA) is 60.4 Å². The number of aryl methyl sites for hydroxylation is 1. The lowest BCUT2D eigenvalue weighted by Crippen LogP contribution is -2.50. The number of likely N-dealkylation sites (N-methyl/N-ethyl adjacent to an activating group) is 1. The smallest absolute Gasteiger partial charge is 0.124 e. The van der Waals surface area contributed by atoms with E-state index in [0.29, 0.717) is 0 Å². The summed E-state index contributed by atoms with van der Waals surface area (Å²) in [5.41, 5.74) is 2.32. The number of rotatable bonds is 4. The Labute approximate surface area is 169 Å². The standard InChI is InChI=1S/C15H25N2.C7H8O3S/c1-3-17(4-2)13-8-11-16(12-14-17)15-9-6-5-7-10-15;1-6-2-4-7(5-3-6)11(8,9)10/h5-7,9-10H,3-4,8,11-14H2,1-2H3;2-5H,1H3,(H,8,9,10)/q+1;/p-1. The predicted molar refractivity (Wildman–Crippen MR) is 113 cm³/mol. The first-order chi connectivity index (χ1) is 13.3. The van der Waals surface area contributed by atoms with Crippen molar-refractivity contribution in [3.05, 3.63) is 60.2 Å². The van der Waals surface area contributed by atoms with E-state index in [2.05, 4.69) is 49.1 Å². The minimum atomic E-state index is -4.27. The highest BCUT2D eigenvalue weighted by atomic mass is 32.2. The summed E-state index contributed by atoms with van der Waals surface area (Å²) in [6.07, 6.45) is 1.32. The normalized spacial score (nSPS) is 16.6. The van der Waals surface area contributed by atoms with Crippen LogP contribution in [0.25, 0.3) is 0 Å². The van der Waals surface area contributed by atoms with Crippen molar-refractivity contribution in [2.75, 3.05) is 44.2 Å². The van der Waals surface area contributed by atoms with Crippen molar-refractivity contribution in [2.24, 2.45) is 0 Å². The molecule has 0 spiro atoms.